The molecule has 1 aromatic heterocycles. The minimum absolute atomic E-state index is 0.121. The molecule has 0 saturated carbocycles. The zero-order valence-corrected chi connectivity index (χ0v) is 15.9. The minimum atomic E-state index is -0.721. The van der Waals surface area contributed by atoms with Crippen molar-refractivity contribution in [3.8, 4) is 11.6 Å². The van der Waals surface area contributed by atoms with Crippen LogP contribution in [0.2, 0.25) is 0 Å². The van der Waals surface area contributed by atoms with Crippen LogP contribution in [0.4, 0.5) is 5.69 Å². The Balaban J connectivity index is 1.98. The van der Waals surface area contributed by atoms with Crippen LogP contribution in [0, 0.1) is 10.5 Å². The van der Waals surface area contributed by atoms with Crippen LogP contribution in [0.5, 0.6) is 5.88 Å². The smallest absolute Gasteiger partial charge is 0.335 e. The van der Waals surface area contributed by atoms with Crippen LogP contribution >= 0.6 is 22.6 Å². The number of rotatable bonds is 4. The SMILES string of the molecule is Cc1cccc(-n2c(O)c(/C=N/Nc3ccc(I)cc3)c(=O)[nH]c2=O)c1. The maximum Gasteiger partial charge on any atom is 0.335 e. The van der Waals surface area contributed by atoms with E-state index in [1.807, 2.05) is 37.3 Å². The first kappa shape index (κ1) is 17.9. The van der Waals surface area contributed by atoms with Crippen molar-refractivity contribution in [1.82, 2.24) is 9.55 Å². The van der Waals surface area contributed by atoms with Gasteiger partial charge in [0.15, 0.2) is 0 Å². The highest BCUT2D eigenvalue weighted by atomic mass is 127. The lowest BCUT2D eigenvalue weighted by Crippen LogP contribution is -2.31. The number of H-pyrrole nitrogens is 1. The first-order valence-electron chi connectivity index (χ1n) is 7.65. The second-order valence-electron chi connectivity index (χ2n) is 5.55. The van der Waals surface area contributed by atoms with E-state index < -0.39 is 17.1 Å². The molecule has 0 aliphatic carbocycles. The van der Waals surface area contributed by atoms with Gasteiger partial charge in [-0.3, -0.25) is 15.2 Å². The Hall–Kier alpha value is -2.88. The number of hydrogen-bond donors (Lipinski definition) is 3. The Morgan fingerprint density at radius 1 is 1.19 bits per heavy atom. The fourth-order valence-electron chi connectivity index (χ4n) is 2.36. The van der Waals surface area contributed by atoms with Crippen molar-refractivity contribution in [2.75, 3.05) is 5.43 Å². The van der Waals surface area contributed by atoms with Crippen LogP contribution in [-0.4, -0.2) is 20.9 Å². The lowest BCUT2D eigenvalue weighted by atomic mass is 10.2. The summed E-state index contributed by atoms with van der Waals surface area (Å²) in [6, 6.07) is 14.5. The molecular formula is C18H15IN4O3. The quantitative estimate of drug-likeness (QED) is 0.315. The number of hydrazone groups is 1. The van der Waals surface area contributed by atoms with E-state index in [1.165, 1.54) is 6.21 Å². The molecule has 0 atom stereocenters. The molecule has 0 amide bonds. The molecule has 0 bridgehead atoms. The topological polar surface area (TPSA) is 99.5 Å². The van der Waals surface area contributed by atoms with Crippen LogP contribution in [0.15, 0.2) is 63.2 Å². The van der Waals surface area contributed by atoms with Gasteiger partial charge < -0.3 is 5.11 Å². The van der Waals surface area contributed by atoms with Crippen molar-refractivity contribution in [2.45, 2.75) is 6.92 Å². The maximum atomic E-state index is 12.1. The van der Waals surface area contributed by atoms with Crippen LogP contribution in [0.3, 0.4) is 0 Å². The number of halogens is 1. The van der Waals surface area contributed by atoms with Crippen LogP contribution in [0.25, 0.3) is 5.69 Å². The lowest BCUT2D eigenvalue weighted by molar-refractivity contribution is 0.430. The highest BCUT2D eigenvalue weighted by molar-refractivity contribution is 14.1. The number of benzene rings is 2. The zero-order chi connectivity index (χ0) is 18.7. The number of nitrogens with zero attached hydrogens (tertiary/aromatic N) is 2. The summed E-state index contributed by atoms with van der Waals surface area (Å²) in [5.74, 6) is -0.475. The van der Waals surface area contributed by atoms with Crippen molar-refractivity contribution in [2.24, 2.45) is 5.10 Å². The Labute approximate surface area is 162 Å². The normalized spacial score (nSPS) is 11.0. The summed E-state index contributed by atoms with van der Waals surface area (Å²) in [6.07, 6.45) is 1.18. The molecular weight excluding hydrogens is 447 g/mol. The monoisotopic (exact) mass is 462 g/mol. The van der Waals surface area contributed by atoms with E-state index in [2.05, 4.69) is 38.1 Å². The summed E-state index contributed by atoms with van der Waals surface area (Å²) >= 11 is 2.19. The molecule has 132 valence electrons. The Kier molecular flexibility index (Phi) is 5.21. The molecule has 0 unspecified atom stereocenters. The summed E-state index contributed by atoms with van der Waals surface area (Å²) in [7, 11) is 0. The third-order valence-corrected chi connectivity index (χ3v) is 4.33. The number of nitrogens with one attached hydrogen (secondary N) is 2. The molecule has 0 aliphatic heterocycles. The van der Waals surface area contributed by atoms with E-state index >= 15 is 0 Å². The number of aryl methyl sites for hydroxylation is 1. The molecule has 8 heteroatoms. The molecule has 0 spiro atoms. The van der Waals surface area contributed by atoms with Gasteiger partial charge in [-0.15, -0.1) is 0 Å². The molecule has 3 rings (SSSR count). The molecule has 0 radical (unpaired) electrons. The van der Waals surface area contributed by atoms with Crippen LogP contribution in [-0.2, 0) is 0 Å². The number of anilines is 1. The van der Waals surface area contributed by atoms with Crippen LogP contribution in [0.1, 0.15) is 11.1 Å². The highest BCUT2D eigenvalue weighted by Crippen LogP contribution is 2.16. The van der Waals surface area contributed by atoms with Gasteiger partial charge in [0.1, 0.15) is 5.56 Å². The van der Waals surface area contributed by atoms with E-state index in [4.69, 9.17) is 0 Å². The molecule has 0 fully saturated rings. The van der Waals surface area contributed by atoms with Gasteiger partial charge >= 0.3 is 5.69 Å². The molecule has 3 N–H and O–H groups in total. The number of hydrogen-bond acceptors (Lipinski definition) is 5. The van der Waals surface area contributed by atoms with E-state index in [1.54, 1.807) is 18.2 Å². The molecule has 0 saturated heterocycles. The number of aromatic hydroxyl groups is 1. The first-order valence-corrected chi connectivity index (χ1v) is 8.73. The van der Waals surface area contributed by atoms with E-state index in [0.29, 0.717) is 5.69 Å². The Morgan fingerprint density at radius 3 is 2.62 bits per heavy atom. The van der Waals surface area contributed by atoms with Gasteiger partial charge in [-0.1, -0.05) is 12.1 Å². The third-order valence-electron chi connectivity index (χ3n) is 3.61. The first-order chi connectivity index (χ1) is 12.5. The predicted molar refractivity (Wildman–Crippen MR) is 109 cm³/mol. The largest absolute Gasteiger partial charge is 0.493 e. The second-order valence-corrected chi connectivity index (χ2v) is 6.79. The van der Waals surface area contributed by atoms with Gasteiger partial charge in [0, 0.05) is 3.57 Å². The van der Waals surface area contributed by atoms with Gasteiger partial charge in [-0.25, -0.2) is 9.36 Å². The number of aromatic nitrogens is 2. The zero-order valence-electron chi connectivity index (χ0n) is 13.7. The van der Waals surface area contributed by atoms with Crippen molar-refractivity contribution >= 4 is 34.5 Å². The Morgan fingerprint density at radius 2 is 1.92 bits per heavy atom. The van der Waals surface area contributed by atoms with Crippen molar-refractivity contribution in [3.05, 3.63) is 84.1 Å². The summed E-state index contributed by atoms with van der Waals surface area (Å²) in [5, 5.41) is 14.4. The molecule has 26 heavy (non-hydrogen) atoms. The van der Waals surface area contributed by atoms with Gasteiger partial charge in [0.05, 0.1) is 17.6 Å². The fraction of sp³-hybridized carbons (Fsp3) is 0.0556. The van der Waals surface area contributed by atoms with Crippen molar-refractivity contribution in [3.63, 3.8) is 0 Å². The van der Waals surface area contributed by atoms with Gasteiger partial charge in [-0.05, 0) is 71.5 Å². The van der Waals surface area contributed by atoms with E-state index in [9.17, 15) is 14.7 Å². The van der Waals surface area contributed by atoms with Crippen LogP contribution < -0.4 is 16.7 Å². The lowest BCUT2D eigenvalue weighted by Gasteiger charge is -2.10. The van der Waals surface area contributed by atoms with E-state index in [-0.39, 0.29) is 5.56 Å². The van der Waals surface area contributed by atoms with E-state index in [0.717, 1.165) is 19.4 Å². The number of aromatic amines is 1. The fourth-order valence-corrected chi connectivity index (χ4v) is 2.72. The van der Waals surface area contributed by atoms with Gasteiger partial charge in [0.25, 0.3) is 5.56 Å². The average Bonchev–Trinajstić information content (AvgIpc) is 2.59. The Bertz CT molecular complexity index is 1080. The predicted octanol–water partition coefficient (Wildman–Crippen LogP) is 2.59. The molecule has 7 nitrogen and oxygen atoms in total. The summed E-state index contributed by atoms with van der Waals surface area (Å²) < 4.78 is 2.11. The van der Waals surface area contributed by atoms with Crippen molar-refractivity contribution in [1.29, 1.82) is 0 Å². The molecule has 3 aromatic rings. The van der Waals surface area contributed by atoms with Gasteiger partial charge in [-0.2, -0.15) is 5.10 Å². The molecule has 1 heterocycles. The van der Waals surface area contributed by atoms with Gasteiger partial charge in [0.2, 0.25) is 5.88 Å². The van der Waals surface area contributed by atoms with Crippen molar-refractivity contribution < 1.29 is 5.11 Å². The summed E-state index contributed by atoms with van der Waals surface area (Å²) in [4.78, 5) is 26.4. The second kappa shape index (κ2) is 7.56. The molecule has 2 aromatic carbocycles. The standard InChI is InChI=1S/C18H15IN4O3/c1-11-3-2-4-14(9-11)23-17(25)15(16(24)21-18(23)26)10-20-22-13-7-5-12(19)6-8-13/h2-10,22,25H,1H3,(H,21,24,26)/b20-10+. The maximum absolute atomic E-state index is 12.1. The highest BCUT2D eigenvalue weighted by Gasteiger charge is 2.14. The summed E-state index contributed by atoms with van der Waals surface area (Å²) in [5.41, 5.74) is 3.30. The molecule has 0 aliphatic rings. The minimum Gasteiger partial charge on any atom is -0.493 e. The average molecular weight is 462 g/mol. The summed E-state index contributed by atoms with van der Waals surface area (Å²) in [6.45, 7) is 1.87. The third kappa shape index (κ3) is 3.85.